The van der Waals surface area contributed by atoms with Gasteiger partial charge in [-0.2, -0.15) is 0 Å². The van der Waals surface area contributed by atoms with Gasteiger partial charge in [0, 0.05) is 31.1 Å². The summed E-state index contributed by atoms with van der Waals surface area (Å²) < 4.78 is 13.3. The van der Waals surface area contributed by atoms with Gasteiger partial charge in [-0.1, -0.05) is 91.9 Å². The summed E-state index contributed by atoms with van der Waals surface area (Å²) in [7, 11) is 0. The number of hydrogen-bond donors (Lipinski definition) is 2. The average molecular weight is 619 g/mol. The molecule has 236 valence electrons. The van der Waals surface area contributed by atoms with Gasteiger partial charge in [-0.25, -0.2) is 0 Å². The Labute approximate surface area is 268 Å². The zero-order chi connectivity index (χ0) is 31.8. The second-order valence-electron chi connectivity index (χ2n) is 12.5. The maximum atomic E-state index is 13.1. The largest absolute Gasteiger partial charge is 0.392 e. The number of nitrogens with zero attached hydrogens (tertiary/aromatic N) is 2. The Balaban J connectivity index is 1.13. The summed E-state index contributed by atoms with van der Waals surface area (Å²) in [4.78, 5) is 29.7. The number of carbonyl (C=O) groups is 2. The van der Waals surface area contributed by atoms with Crippen LogP contribution in [0.25, 0.3) is 11.1 Å². The first kappa shape index (κ1) is 30.5. The first-order valence-electron chi connectivity index (χ1n) is 15.9. The van der Waals surface area contributed by atoms with E-state index in [0.717, 1.165) is 46.3 Å². The molecule has 0 aromatic heterocycles. The molecule has 0 bridgehead atoms. The summed E-state index contributed by atoms with van der Waals surface area (Å²) >= 11 is 0. The predicted octanol–water partition coefficient (Wildman–Crippen LogP) is 5.50. The van der Waals surface area contributed by atoms with Gasteiger partial charge in [-0.05, 0) is 46.4 Å². The average Bonchev–Trinajstić information content (AvgIpc) is 3.61. The van der Waals surface area contributed by atoms with Crippen LogP contribution in [0.3, 0.4) is 0 Å². The molecule has 5 atom stereocenters. The lowest BCUT2D eigenvalue weighted by Crippen LogP contribution is -2.44. The van der Waals surface area contributed by atoms with E-state index in [9.17, 15) is 19.8 Å². The van der Waals surface area contributed by atoms with Crippen LogP contribution in [0.5, 0.6) is 0 Å². The van der Waals surface area contributed by atoms with Crippen LogP contribution < -0.4 is 0 Å². The van der Waals surface area contributed by atoms with E-state index in [2.05, 4.69) is 11.8 Å². The van der Waals surface area contributed by atoms with Crippen LogP contribution in [-0.2, 0) is 22.6 Å². The predicted molar refractivity (Wildman–Crippen MR) is 173 cm³/mol. The zero-order valence-electron chi connectivity index (χ0n) is 25.8. The van der Waals surface area contributed by atoms with Gasteiger partial charge in [0.2, 0.25) is 0 Å². The van der Waals surface area contributed by atoms with Crippen LogP contribution >= 0.6 is 0 Å². The molecule has 3 heterocycles. The standard InChI is InChI=1S/C38H38N2O6/c1-24-34(22-39-19-18-30(42)21-39)45-38(46-35(24)27-12-10-25(23-41)11-13-27)28-16-14-26(15-17-28)31-7-3-2-6-29(31)20-40-36(43)32-8-4-5-9-33(32)37(40)44/h2-17,24,30,34-35,38,41-42H,18-23H2,1H3/t24-,30-,34+,35+,38+/m0/s1. The Morgan fingerprint density at radius 3 is 2.04 bits per heavy atom. The molecule has 46 heavy (non-hydrogen) atoms. The van der Waals surface area contributed by atoms with E-state index in [1.165, 1.54) is 4.90 Å². The Kier molecular flexibility index (Phi) is 8.55. The Hall–Kier alpha value is -4.18. The van der Waals surface area contributed by atoms with Crippen molar-refractivity contribution in [3.63, 3.8) is 0 Å². The van der Waals surface area contributed by atoms with E-state index < -0.39 is 6.29 Å². The molecule has 2 amide bonds. The van der Waals surface area contributed by atoms with Crippen molar-refractivity contribution in [1.29, 1.82) is 0 Å². The number of rotatable bonds is 8. The maximum absolute atomic E-state index is 13.1. The van der Waals surface area contributed by atoms with Crippen molar-refractivity contribution >= 4 is 11.8 Å². The molecule has 3 aliphatic heterocycles. The first-order valence-corrected chi connectivity index (χ1v) is 15.9. The highest BCUT2D eigenvalue weighted by Crippen LogP contribution is 2.42. The maximum Gasteiger partial charge on any atom is 0.261 e. The highest BCUT2D eigenvalue weighted by Gasteiger charge is 2.40. The fraction of sp³-hybridized carbons (Fsp3) is 0.316. The molecule has 8 heteroatoms. The molecule has 0 spiro atoms. The molecule has 2 saturated heterocycles. The SMILES string of the molecule is C[C@H]1[C@@H](CN2CC[C@H](O)C2)O[C@@H](c2ccc(-c3ccccc3CN3C(=O)c4ccccc4C3=O)cc2)O[C@H]1c1ccc(CO)cc1. The van der Waals surface area contributed by atoms with Gasteiger partial charge in [0.1, 0.15) is 0 Å². The van der Waals surface area contributed by atoms with Gasteiger partial charge < -0.3 is 19.7 Å². The second-order valence-corrected chi connectivity index (χ2v) is 12.5. The first-order chi connectivity index (χ1) is 22.4. The normalized spacial score (nSPS) is 24.8. The Morgan fingerprint density at radius 2 is 1.41 bits per heavy atom. The van der Waals surface area contributed by atoms with Crippen LogP contribution in [0, 0.1) is 5.92 Å². The fourth-order valence-corrected chi connectivity index (χ4v) is 6.87. The van der Waals surface area contributed by atoms with Crippen LogP contribution in [-0.4, -0.2) is 63.7 Å². The molecular formula is C38H38N2O6. The molecule has 4 aromatic carbocycles. The third kappa shape index (κ3) is 5.90. The molecule has 3 aliphatic rings. The monoisotopic (exact) mass is 618 g/mol. The molecular weight excluding hydrogens is 580 g/mol. The van der Waals surface area contributed by atoms with Crippen molar-refractivity contribution in [1.82, 2.24) is 9.80 Å². The van der Waals surface area contributed by atoms with Crippen molar-refractivity contribution < 1.29 is 29.3 Å². The number of aliphatic hydroxyl groups is 2. The summed E-state index contributed by atoms with van der Waals surface area (Å²) in [6.07, 6.45) is -0.474. The van der Waals surface area contributed by atoms with Crippen molar-refractivity contribution in [3.8, 4) is 11.1 Å². The number of benzene rings is 4. The van der Waals surface area contributed by atoms with Crippen LogP contribution in [0.2, 0.25) is 0 Å². The molecule has 2 fully saturated rings. The minimum atomic E-state index is -0.598. The minimum Gasteiger partial charge on any atom is -0.392 e. The Morgan fingerprint density at radius 1 is 0.783 bits per heavy atom. The van der Waals surface area contributed by atoms with Gasteiger partial charge >= 0.3 is 0 Å². The number of carbonyl (C=O) groups excluding carboxylic acids is 2. The summed E-state index contributed by atoms with van der Waals surface area (Å²) in [6, 6.07) is 30.7. The fourth-order valence-electron chi connectivity index (χ4n) is 6.87. The molecule has 0 radical (unpaired) electrons. The number of fused-ring (bicyclic) bond motifs is 1. The third-order valence-corrected chi connectivity index (χ3v) is 9.53. The van der Waals surface area contributed by atoms with E-state index in [1.807, 2.05) is 72.8 Å². The number of imide groups is 1. The van der Waals surface area contributed by atoms with Crippen molar-refractivity contribution in [2.45, 2.75) is 51.1 Å². The number of amides is 2. The molecule has 2 N–H and O–H groups in total. The van der Waals surface area contributed by atoms with E-state index in [0.29, 0.717) is 24.2 Å². The van der Waals surface area contributed by atoms with Gasteiger partial charge in [-0.15, -0.1) is 0 Å². The highest BCUT2D eigenvalue weighted by molar-refractivity contribution is 6.21. The summed E-state index contributed by atoms with van der Waals surface area (Å²) in [6.45, 7) is 4.49. The lowest BCUT2D eigenvalue weighted by Gasteiger charge is -2.42. The van der Waals surface area contributed by atoms with Crippen molar-refractivity contribution in [2.24, 2.45) is 5.92 Å². The van der Waals surface area contributed by atoms with Crippen LogP contribution in [0.15, 0.2) is 97.1 Å². The van der Waals surface area contributed by atoms with Gasteiger partial charge in [0.25, 0.3) is 11.8 Å². The van der Waals surface area contributed by atoms with E-state index in [4.69, 9.17) is 9.47 Å². The van der Waals surface area contributed by atoms with E-state index in [1.54, 1.807) is 24.3 Å². The third-order valence-electron chi connectivity index (χ3n) is 9.53. The number of hydrogen-bond acceptors (Lipinski definition) is 7. The van der Waals surface area contributed by atoms with E-state index in [-0.39, 0.29) is 49.2 Å². The smallest absolute Gasteiger partial charge is 0.261 e. The number of aliphatic hydroxyl groups excluding tert-OH is 2. The topological polar surface area (TPSA) is 99.5 Å². The second kappa shape index (κ2) is 12.9. The lowest BCUT2D eigenvalue weighted by molar-refractivity contribution is -0.276. The quantitative estimate of drug-likeness (QED) is 0.252. The molecule has 4 aromatic rings. The molecule has 7 rings (SSSR count). The van der Waals surface area contributed by atoms with Crippen molar-refractivity contribution in [2.75, 3.05) is 19.6 Å². The van der Waals surface area contributed by atoms with Crippen molar-refractivity contribution in [3.05, 3.63) is 130 Å². The van der Waals surface area contributed by atoms with Gasteiger partial charge in [-0.3, -0.25) is 19.4 Å². The van der Waals surface area contributed by atoms with Crippen LogP contribution in [0.4, 0.5) is 0 Å². The highest BCUT2D eigenvalue weighted by atomic mass is 16.7. The van der Waals surface area contributed by atoms with Gasteiger partial charge in [0.05, 0.1) is 42.6 Å². The number of ether oxygens (including phenoxy) is 2. The lowest BCUT2D eigenvalue weighted by atomic mass is 9.90. The summed E-state index contributed by atoms with van der Waals surface area (Å²) in [5.41, 5.74) is 6.43. The van der Waals surface area contributed by atoms with Crippen LogP contribution in [0.1, 0.15) is 68.7 Å². The zero-order valence-corrected chi connectivity index (χ0v) is 25.8. The number of β-amino-alcohol motifs (C(OH)–C–C–N with tert-alkyl or cyclic N) is 1. The molecule has 8 nitrogen and oxygen atoms in total. The molecule has 0 aliphatic carbocycles. The molecule has 0 unspecified atom stereocenters. The Bertz CT molecular complexity index is 1690. The summed E-state index contributed by atoms with van der Waals surface area (Å²) in [5.74, 6) is -0.488. The van der Waals surface area contributed by atoms with E-state index >= 15 is 0 Å². The summed E-state index contributed by atoms with van der Waals surface area (Å²) in [5, 5.41) is 19.7. The molecule has 0 saturated carbocycles. The number of likely N-dealkylation sites (tertiary alicyclic amines) is 1. The minimum absolute atomic E-state index is 0.0131. The van der Waals surface area contributed by atoms with Gasteiger partial charge in [0.15, 0.2) is 6.29 Å².